The first-order chi connectivity index (χ1) is 7.99. The second-order valence-corrected chi connectivity index (χ2v) is 6.01. The van der Waals surface area contributed by atoms with Crippen LogP contribution in [0.1, 0.15) is 39.5 Å². The minimum atomic E-state index is -0.216. The number of carbonyl (C=O) groups is 1. The number of nitrogens with two attached hydrogens (primary N) is 1. The van der Waals surface area contributed by atoms with Gasteiger partial charge in [-0.25, -0.2) is 0 Å². The molecule has 2 saturated heterocycles. The molecule has 17 heavy (non-hydrogen) atoms. The molecule has 2 aliphatic rings. The van der Waals surface area contributed by atoms with Crippen LogP contribution in [0.15, 0.2) is 0 Å². The van der Waals surface area contributed by atoms with Crippen molar-refractivity contribution >= 4 is 5.91 Å². The largest absolute Gasteiger partial charge is 0.368 e. The molecule has 0 aromatic carbocycles. The lowest BCUT2D eigenvalue weighted by molar-refractivity contribution is -0.121. The van der Waals surface area contributed by atoms with Crippen LogP contribution in [-0.2, 0) is 4.79 Å². The summed E-state index contributed by atoms with van der Waals surface area (Å²) in [5, 5.41) is 3.48. The first kappa shape index (κ1) is 12.8. The molecule has 4 nitrogen and oxygen atoms in total. The highest BCUT2D eigenvalue weighted by molar-refractivity contribution is 5.80. The predicted molar refractivity (Wildman–Crippen MR) is 68.6 cm³/mol. The second kappa shape index (κ2) is 4.94. The Morgan fingerprint density at radius 1 is 1.29 bits per heavy atom. The van der Waals surface area contributed by atoms with Crippen LogP contribution < -0.4 is 11.1 Å². The number of hydrogen-bond acceptors (Lipinski definition) is 3. The van der Waals surface area contributed by atoms with E-state index in [-0.39, 0.29) is 17.9 Å². The summed E-state index contributed by atoms with van der Waals surface area (Å²) in [7, 11) is 2.23. The molecule has 2 rings (SSSR count). The second-order valence-electron chi connectivity index (χ2n) is 6.01. The Morgan fingerprint density at radius 3 is 2.24 bits per heavy atom. The summed E-state index contributed by atoms with van der Waals surface area (Å²) in [6, 6.07) is 1.69. The molecule has 2 heterocycles. The molecule has 0 spiro atoms. The van der Waals surface area contributed by atoms with Crippen LogP contribution in [0.25, 0.3) is 0 Å². The Hall–Kier alpha value is -0.610. The van der Waals surface area contributed by atoms with Crippen LogP contribution in [0.5, 0.6) is 0 Å². The normalized spacial score (nSPS) is 35.2. The van der Waals surface area contributed by atoms with Crippen molar-refractivity contribution in [1.82, 2.24) is 10.2 Å². The van der Waals surface area contributed by atoms with Gasteiger partial charge >= 0.3 is 0 Å². The van der Waals surface area contributed by atoms with Gasteiger partial charge in [-0.2, -0.15) is 0 Å². The van der Waals surface area contributed by atoms with E-state index in [1.165, 1.54) is 12.8 Å². The topological polar surface area (TPSA) is 58.4 Å². The predicted octanol–water partition coefficient (Wildman–Crippen LogP) is 0.711. The molecule has 3 atom stereocenters. The first-order valence-electron chi connectivity index (χ1n) is 6.76. The summed E-state index contributed by atoms with van der Waals surface area (Å²) < 4.78 is 0. The number of rotatable bonds is 4. The number of carbonyl (C=O) groups excluding carboxylic acids is 1. The average Bonchev–Trinajstić information content (AvgIpc) is 2.51. The van der Waals surface area contributed by atoms with E-state index >= 15 is 0 Å². The van der Waals surface area contributed by atoms with Crippen molar-refractivity contribution in [3.8, 4) is 0 Å². The van der Waals surface area contributed by atoms with E-state index in [1.54, 1.807) is 0 Å². The zero-order chi connectivity index (χ0) is 12.6. The molecule has 1 amide bonds. The third kappa shape index (κ3) is 2.63. The van der Waals surface area contributed by atoms with Gasteiger partial charge < -0.3 is 16.0 Å². The molecule has 2 fully saturated rings. The maximum Gasteiger partial charge on any atom is 0.234 e. The van der Waals surface area contributed by atoms with Gasteiger partial charge in [-0.05, 0) is 38.6 Å². The zero-order valence-electron chi connectivity index (χ0n) is 11.1. The third-order valence-electron chi connectivity index (χ3n) is 4.49. The number of hydrogen-bond donors (Lipinski definition) is 2. The molecule has 2 bridgehead atoms. The Balaban J connectivity index is 1.94. The molecule has 0 aliphatic carbocycles. The van der Waals surface area contributed by atoms with E-state index in [4.69, 9.17) is 5.73 Å². The van der Waals surface area contributed by atoms with Gasteiger partial charge in [0, 0.05) is 18.1 Å². The monoisotopic (exact) mass is 239 g/mol. The molecule has 3 unspecified atom stereocenters. The summed E-state index contributed by atoms with van der Waals surface area (Å²) in [4.78, 5) is 13.9. The van der Waals surface area contributed by atoms with Gasteiger partial charge in [-0.15, -0.1) is 0 Å². The van der Waals surface area contributed by atoms with Crippen molar-refractivity contribution in [2.75, 3.05) is 7.05 Å². The van der Waals surface area contributed by atoms with Crippen molar-refractivity contribution in [2.24, 2.45) is 11.7 Å². The molecular weight excluding hydrogens is 214 g/mol. The Bertz CT molecular complexity index is 278. The minimum Gasteiger partial charge on any atom is -0.368 e. The molecule has 2 aliphatic heterocycles. The molecule has 0 saturated carbocycles. The number of primary amides is 1. The molecule has 4 heteroatoms. The summed E-state index contributed by atoms with van der Waals surface area (Å²) in [5.74, 6) is 0.0519. The summed E-state index contributed by atoms with van der Waals surface area (Å²) in [5.41, 5.74) is 5.46. The van der Waals surface area contributed by atoms with Crippen LogP contribution in [0.2, 0.25) is 0 Å². The number of fused-ring (bicyclic) bond motifs is 2. The molecule has 0 aromatic rings. The fourth-order valence-corrected chi connectivity index (χ4v) is 3.40. The SMILES string of the molecule is CC(C)C(NC1CC2CCC(C1)N2C)C(N)=O. The highest BCUT2D eigenvalue weighted by Crippen LogP contribution is 2.34. The third-order valence-corrected chi connectivity index (χ3v) is 4.49. The van der Waals surface area contributed by atoms with Crippen molar-refractivity contribution < 1.29 is 4.79 Å². The van der Waals surface area contributed by atoms with Crippen LogP contribution in [0.4, 0.5) is 0 Å². The van der Waals surface area contributed by atoms with Gasteiger partial charge in [0.25, 0.3) is 0 Å². The van der Waals surface area contributed by atoms with Gasteiger partial charge in [0.05, 0.1) is 6.04 Å². The standard InChI is InChI=1S/C13H25N3O/c1-8(2)12(13(14)17)15-9-6-10-4-5-11(7-9)16(10)3/h8-12,15H,4-7H2,1-3H3,(H2,14,17). The highest BCUT2D eigenvalue weighted by atomic mass is 16.1. The smallest absolute Gasteiger partial charge is 0.234 e. The summed E-state index contributed by atoms with van der Waals surface area (Å²) in [6.45, 7) is 4.10. The Kier molecular flexibility index (Phi) is 3.73. The number of amides is 1. The summed E-state index contributed by atoms with van der Waals surface area (Å²) in [6.07, 6.45) is 4.93. The molecule has 3 N–H and O–H groups in total. The lowest BCUT2D eigenvalue weighted by atomic mass is 9.95. The molecule has 0 aromatic heterocycles. The number of nitrogens with zero attached hydrogens (tertiary/aromatic N) is 1. The van der Waals surface area contributed by atoms with Crippen LogP contribution in [0.3, 0.4) is 0 Å². The van der Waals surface area contributed by atoms with E-state index < -0.39 is 0 Å². The quantitative estimate of drug-likeness (QED) is 0.759. The van der Waals surface area contributed by atoms with Gasteiger partial charge in [-0.3, -0.25) is 4.79 Å². The van der Waals surface area contributed by atoms with Gasteiger partial charge in [-0.1, -0.05) is 13.8 Å². The first-order valence-corrected chi connectivity index (χ1v) is 6.76. The maximum absolute atomic E-state index is 11.4. The Morgan fingerprint density at radius 2 is 1.82 bits per heavy atom. The van der Waals surface area contributed by atoms with Crippen LogP contribution >= 0.6 is 0 Å². The van der Waals surface area contributed by atoms with E-state index in [1.807, 2.05) is 13.8 Å². The number of nitrogens with one attached hydrogen (secondary N) is 1. The minimum absolute atomic E-state index is 0.178. The van der Waals surface area contributed by atoms with Gasteiger partial charge in [0.1, 0.15) is 0 Å². The van der Waals surface area contributed by atoms with Crippen LogP contribution in [-0.4, -0.2) is 42.0 Å². The highest BCUT2D eigenvalue weighted by Gasteiger charge is 2.39. The van der Waals surface area contributed by atoms with E-state index in [0.29, 0.717) is 18.1 Å². The van der Waals surface area contributed by atoms with Crippen molar-refractivity contribution in [3.63, 3.8) is 0 Å². The van der Waals surface area contributed by atoms with Crippen LogP contribution in [0, 0.1) is 5.92 Å². The molecular formula is C13H25N3O. The Labute approximate surface area is 104 Å². The van der Waals surface area contributed by atoms with Crippen molar-refractivity contribution in [2.45, 2.75) is 63.7 Å². The van der Waals surface area contributed by atoms with E-state index in [9.17, 15) is 4.79 Å². The number of piperidine rings is 1. The lowest BCUT2D eigenvalue weighted by Crippen LogP contribution is -2.54. The molecule has 0 radical (unpaired) electrons. The van der Waals surface area contributed by atoms with Crippen molar-refractivity contribution in [3.05, 3.63) is 0 Å². The van der Waals surface area contributed by atoms with E-state index in [2.05, 4.69) is 17.3 Å². The summed E-state index contributed by atoms with van der Waals surface area (Å²) >= 11 is 0. The van der Waals surface area contributed by atoms with Crippen molar-refractivity contribution in [1.29, 1.82) is 0 Å². The van der Waals surface area contributed by atoms with E-state index in [0.717, 1.165) is 12.8 Å². The fraction of sp³-hybridized carbons (Fsp3) is 0.923. The lowest BCUT2D eigenvalue weighted by Gasteiger charge is -2.38. The van der Waals surface area contributed by atoms with Gasteiger partial charge in [0.2, 0.25) is 5.91 Å². The average molecular weight is 239 g/mol. The van der Waals surface area contributed by atoms with Gasteiger partial charge in [0.15, 0.2) is 0 Å². The fourth-order valence-electron chi connectivity index (χ4n) is 3.40. The zero-order valence-corrected chi connectivity index (χ0v) is 11.1. The maximum atomic E-state index is 11.4. The molecule has 98 valence electrons.